The van der Waals surface area contributed by atoms with Gasteiger partial charge in [0.2, 0.25) is 0 Å². The summed E-state index contributed by atoms with van der Waals surface area (Å²) in [6.07, 6.45) is 0. The molecule has 5 heteroatoms. The predicted molar refractivity (Wildman–Crippen MR) is 110 cm³/mol. The number of rotatable bonds is 8. The Morgan fingerprint density at radius 3 is 2.15 bits per heavy atom. The molecule has 0 aliphatic rings. The zero-order chi connectivity index (χ0) is 19.2. The molecule has 26 heavy (non-hydrogen) atoms. The van der Waals surface area contributed by atoms with Gasteiger partial charge in [-0.3, -0.25) is 0 Å². The van der Waals surface area contributed by atoms with Gasteiger partial charge in [0, 0.05) is 5.56 Å². The summed E-state index contributed by atoms with van der Waals surface area (Å²) in [5.41, 5.74) is 7.84. The molecule has 0 fully saturated rings. The molecule has 0 unspecified atom stereocenters. The van der Waals surface area contributed by atoms with Crippen LogP contribution in [0.15, 0.2) is 42.5 Å². The number of nitrogens with two attached hydrogens (primary N) is 1. The van der Waals surface area contributed by atoms with E-state index < -0.39 is 0 Å². The lowest BCUT2D eigenvalue weighted by atomic mass is 9.87. The van der Waals surface area contributed by atoms with Crippen LogP contribution in [0.4, 0.5) is 0 Å². The lowest BCUT2D eigenvalue weighted by molar-refractivity contribution is 0.208. The van der Waals surface area contributed by atoms with Gasteiger partial charge in [-0.15, -0.1) is 0 Å². The second-order valence-corrected chi connectivity index (χ2v) is 7.37. The minimum absolute atomic E-state index is 0.134. The highest BCUT2D eigenvalue weighted by Crippen LogP contribution is 2.29. The molecule has 0 bridgehead atoms. The van der Waals surface area contributed by atoms with E-state index in [1.54, 1.807) is 6.07 Å². The molecule has 2 aromatic carbocycles. The second kappa shape index (κ2) is 8.90. The maximum Gasteiger partial charge on any atom is 0.161 e. The summed E-state index contributed by atoms with van der Waals surface area (Å²) in [5.74, 6) is 2.11. The summed E-state index contributed by atoms with van der Waals surface area (Å²) >= 11 is 5.00. The fourth-order valence-electron chi connectivity index (χ4n) is 2.41. The molecular formula is C21H27NO3S. The van der Waals surface area contributed by atoms with Gasteiger partial charge in [-0.2, -0.15) is 0 Å². The first-order valence-electron chi connectivity index (χ1n) is 8.74. The van der Waals surface area contributed by atoms with Crippen LogP contribution in [0.25, 0.3) is 0 Å². The van der Waals surface area contributed by atoms with Crippen LogP contribution in [0, 0.1) is 0 Å². The summed E-state index contributed by atoms with van der Waals surface area (Å²) in [6, 6.07) is 13.6. The molecule has 0 saturated carbocycles. The molecule has 0 saturated heterocycles. The Morgan fingerprint density at radius 1 is 0.923 bits per heavy atom. The van der Waals surface area contributed by atoms with Gasteiger partial charge >= 0.3 is 0 Å². The van der Waals surface area contributed by atoms with Gasteiger partial charge in [-0.1, -0.05) is 45.1 Å². The second-order valence-electron chi connectivity index (χ2n) is 6.93. The monoisotopic (exact) mass is 373 g/mol. The first-order chi connectivity index (χ1) is 12.3. The van der Waals surface area contributed by atoms with E-state index in [4.69, 9.17) is 32.2 Å². The molecule has 0 atom stereocenters. The number of ether oxygens (including phenoxy) is 3. The molecule has 2 N–H and O–H groups in total. The molecule has 2 aromatic rings. The van der Waals surface area contributed by atoms with Crippen LogP contribution in [-0.4, -0.2) is 24.8 Å². The van der Waals surface area contributed by atoms with Crippen molar-refractivity contribution in [2.24, 2.45) is 5.73 Å². The Bertz CT molecular complexity index is 736. The lowest BCUT2D eigenvalue weighted by Crippen LogP contribution is -2.12. The number of benzene rings is 2. The molecular weight excluding hydrogens is 346 g/mol. The van der Waals surface area contributed by atoms with Crippen molar-refractivity contribution in [2.45, 2.75) is 33.1 Å². The van der Waals surface area contributed by atoms with Gasteiger partial charge in [0.1, 0.15) is 24.0 Å². The predicted octanol–water partition coefficient (Wildman–Crippen LogP) is 4.47. The fraction of sp³-hybridized carbons (Fsp3) is 0.381. The standard InChI is InChI=1S/C21H27NO3S/c1-5-23-19-14-15(20(22)26)6-11-18(19)25-13-12-24-17-9-7-16(8-10-17)21(2,3)4/h6-11,14H,5,12-13H2,1-4H3,(H2,22,26). The van der Waals surface area contributed by atoms with Crippen LogP contribution >= 0.6 is 12.2 Å². The van der Waals surface area contributed by atoms with Gasteiger partial charge in [0.05, 0.1) is 6.61 Å². The molecule has 0 spiro atoms. The average Bonchev–Trinajstić information content (AvgIpc) is 2.59. The zero-order valence-corrected chi connectivity index (χ0v) is 16.7. The Hall–Kier alpha value is -2.27. The van der Waals surface area contributed by atoms with Crippen molar-refractivity contribution in [3.05, 3.63) is 53.6 Å². The summed E-state index contributed by atoms with van der Waals surface area (Å²) in [4.78, 5) is 0.333. The van der Waals surface area contributed by atoms with E-state index in [0.29, 0.717) is 36.3 Å². The van der Waals surface area contributed by atoms with Gasteiger partial charge < -0.3 is 19.9 Å². The van der Waals surface area contributed by atoms with Crippen LogP contribution in [0.5, 0.6) is 17.2 Å². The minimum Gasteiger partial charge on any atom is -0.490 e. The third kappa shape index (κ3) is 5.63. The van der Waals surface area contributed by atoms with E-state index in [1.807, 2.05) is 31.2 Å². The first kappa shape index (κ1) is 20.0. The average molecular weight is 374 g/mol. The van der Waals surface area contributed by atoms with E-state index in [9.17, 15) is 0 Å². The van der Waals surface area contributed by atoms with E-state index in [0.717, 1.165) is 11.3 Å². The highest BCUT2D eigenvalue weighted by molar-refractivity contribution is 7.80. The van der Waals surface area contributed by atoms with Crippen molar-refractivity contribution < 1.29 is 14.2 Å². The molecule has 140 valence electrons. The highest BCUT2D eigenvalue weighted by Gasteiger charge is 2.13. The Labute approximate surface area is 161 Å². The normalized spacial score (nSPS) is 11.1. The van der Waals surface area contributed by atoms with Crippen LogP contribution in [0.2, 0.25) is 0 Å². The Morgan fingerprint density at radius 2 is 1.58 bits per heavy atom. The summed E-state index contributed by atoms with van der Waals surface area (Å²) < 4.78 is 17.1. The quantitative estimate of drug-likeness (QED) is 0.546. The van der Waals surface area contributed by atoms with Gasteiger partial charge in [0.25, 0.3) is 0 Å². The maximum atomic E-state index is 5.79. The van der Waals surface area contributed by atoms with Crippen molar-refractivity contribution >= 4 is 17.2 Å². The SMILES string of the molecule is CCOc1cc(C(N)=S)ccc1OCCOc1ccc(C(C)(C)C)cc1. The van der Waals surface area contributed by atoms with Crippen molar-refractivity contribution in [3.8, 4) is 17.2 Å². The largest absolute Gasteiger partial charge is 0.490 e. The van der Waals surface area contributed by atoms with Crippen LogP contribution in [-0.2, 0) is 5.41 Å². The molecule has 0 amide bonds. The third-order valence-corrected chi connectivity index (χ3v) is 4.09. The van der Waals surface area contributed by atoms with Gasteiger partial charge in [0.15, 0.2) is 11.5 Å². The first-order valence-corrected chi connectivity index (χ1v) is 9.15. The summed E-state index contributed by atoms with van der Waals surface area (Å²) in [5, 5.41) is 0. The molecule has 0 radical (unpaired) electrons. The summed E-state index contributed by atoms with van der Waals surface area (Å²) in [7, 11) is 0. The minimum atomic E-state index is 0.134. The van der Waals surface area contributed by atoms with Crippen molar-refractivity contribution in [1.29, 1.82) is 0 Å². The molecule has 2 rings (SSSR count). The smallest absolute Gasteiger partial charge is 0.161 e. The topological polar surface area (TPSA) is 53.7 Å². The van der Waals surface area contributed by atoms with E-state index in [2.05, 4.69) is 32.9 Å². The van der Waals surface area contributed by atoms with Gasteiger partial charge in [-0.25, -0.2) is 0 Å². The van der Waals surface area contributed by atoms with Crippen molar-refractivity contribution in [1.82, 2.24) is 0 Å². The summed E-state index contributed by atoms with van der Waals surface area (Å²) in [6.45, 7) is 9.88. The van der Waals surface area contributed by atoms with E-state index in [1.165, 1.54) is 5.56 Å². The number of thiocarbonyl (C=S) groups is 1. The van der Waals surface area contributed by atoms with Crippen LogP contribution in [0.1, 0.15) is 38.8 Å². The molecule has 0 aliphatic carbocycles. The molecule has 0 aromatic heterocycles. The van der Waals surface area contributed by atoms with E-state index >= 15 is 0 Å². The Balaban J connectivity index is 1.90. The van der Waals surface area contributed by atoms with Crippen molar-refractivity contribution in [3.63, 3.8) is 0 Å². The Kier molecular flexibility index (Phi) is 6.86. The number of hydrogen-bond donors (Lipinski definition) is 1. The maximum absolute atomic E-state index is 5.79. The van der Waals surface area contributed by atoms with E-state index in [-0.39, 0.29) is 5.41 Å². The van der Waals surface area contributed by atoms with Crippen molar-refractivity contribution in [2.75, 3.05) is 19.8 Å². The third-order valence-electron chi connectivity index (χ3n) is 3.86. The lowest BCUT2D eigenvalue weighted by Gasteiger charge is -2.19. The number of hydrogen-bond acceptors (Lipinski definition) is 4. The van der Waals surface area contributed by atoms with Crippen LogP contribution in [0.3, 0.4) is 0 Å². The molecule has 0 heterocycles. The zero-order valence-electron chi connectivity index (χ0n) is 15.9. The van der Waals surface area contributed by atoms with Gasteiger partial charge in [-0.05, 0) is 48.2 Å². The molecule has 4 nitrogen and oxygen atoms in total. The highest BCUT2D eigenvalue weighted by atomic mass is 32.1. The van der Waals surface area contributed by atoms with Crippen LogP contribution < -0.4 is 19.9 Å². The fourth-order valence-corrected chi connectivity index (χ4v) is 2.54. The molecule has 0 aliphatic heterocycles.